The number of halogens is 1. The fourth-order valence-corrected chi connectivity index (χ4v) is 2.75. The Morgan fingerprint density at radius 1 is 1.25 bits per heavy atom. The maximum Gasteiger partial charge on any atom is 0.207 e. The number of fused-ring (bicyclic) bond motifs is 1. The van der Waals surface area contributed by atoms with Crippen LogP contribution in [0.2, 0.25) is 5.02 Å². The zero-order chi connectivity index (χ0) is 16.9. The number of aromatic nitrogens is 2. The highest BCUT2D eigenvalue weighted by Crippen LogP contribution is 2.21. The molecule has 3 rings (SSSR count). The van der Waals surface area contributed by atoms with Crippen molar-refractivity contribution >= 4 is 29.0 Å². The van der Waals surface area contributed by atoms with Crippen molar-refractivity contribution in [2.24, 2.45) is 0 Å². The summed E-state index contributed by atoms with van der Waals surface area (Å²) < 4.78 is 7.86. The van der Waals surface area contributed by atoms with Gasteiger partial charge in [-0.2, -0.15) is 0 Å². The number of rotatable bonds is 7. The van der Waals surface area contributed by atoms with E-state index < -0.39 is 0 Å². The molecule has 0 aliphatic carbocycles. The second kappa shape index (κ2) is 7.36. The number of nitrogens with zero attached hydrogens (tertiary/aromatic N) is 2. The molecule has 124 valence electrons. The minimum absolute atomic E-state index is 0.176. The van der Waals surface area contributed by atoms with Gasteiger partial charge in [-0.3, -0.25) is 4.79 Å². The maximum absolute atomic E-state index is 10.8. The Bertz CT molecular complexity index is 830. The molecule has 0 spiro atoms. The number of benzene rings is 2. The lowest BCUT2D eigenvalue weighted by atomic mass is 10.3. The van der Waals surface area contributed by atoms with Crippen LogP contribution in [-0.4, -0.2) is 22.6 Å². The van der Waals surface area contributed by atoms with E-state index in [0.29, 0.717) is 24.6 Å². The molecule has 24 heavy (non-hydrogen) atoms. The molecule has 0 saturated heterocycles. The molecule has 2 aromatic carbocycles. The summed E-state index contributed by atoms with van der Waals surface area (Å²) in [5.74, 6) is 1.58. The van der Waals surface area contributed by atoms with E-state index in [-0.39, 0.29) is 6.04 Å². The predicted octanol–water partition coefficient (Wildman–Crippen LogP) is 3.58. The molecule has 1 heterocycles. The van der Waals surface area contributed by atoms with E-state index in [1.165, 1.54) is 0 Å². The molecule has 1 atom stereocenters. The highest BCUT2D eigenvalue weighted by molar-refractivity contribution is 6.30. The van der Waals surface area contributed by atoms with Crippen molar-refractivity contribution in [3.63, 3.8) is 0 Å². The SMILES string of the molecule is CC(NC=O)c1nc2ccccc2n1CCOc1ccc(Cl)cc1. The fraction of sp³-hybridized carbons (Fsp3) is 0.222. The van der Waals surface area contributed by atoms with Gasteiger partial charge in [0.05, 0.1) is 23.6 Å². The molecule has 3 aromatic rings. The summed E-state index contributed by atoms with van der Waals surface area (Å²) in [6.07, 6.45) is 0.693. The van der Waals surface area contributed by atoms with Crippen LogP contribution in [0.25, 0.3) is 11.0 Å². The van der Waals surface area contributed by atoms with Gasteiger partial charge in [-0.15, -0.1) is 0 Å². The highest BCUT2D eigenvalue weighted by atomic mass is 35.5. The molecule has 6 heteroatoms. The number of para-hydroxylation sites is 2. The molecule has 1 N–H and O–H groups in total. The second-order valence-electron chi connectivity index (χ2n) is 5.42. The normalized spacial score (nSPS) is 12.1. The largest absolute Gasteiger partial charge is 0.492 e. The van der Waals surface area contributed by atoms with Gasteiger partial charge in [0, 0.05) is 5.02 Å². The smallest absolute Gasteiger partial charge is 0.207 e. The first kappa shape index (κ1) is 16.3. The fourth-order valence-electron chi connectivity index (χ4n) is 2.62. The lowest BCUT2D eigenvalue weighted by Crippen LogP contribution is -2.21. The molecule has 0 radical (unpaired) electrons. The summed E-state index contributed by atoms with van der Waals surface area (Å²) in [7, 11) is 0. The molecule has 0 bridgehead atoms. The zero-order valence-electron chi connectivity index (χ0n) is 13.3. The van der Waals surface area contributed by atoms with Gasteiger partial charge < -0.3 is 14.6 Å². The number of hydrogen-bond donors (Lipinski definition) is 1. The number of ether oxygens (including phenoxy) is 1. The first-order valence-electron chi connectivity index (χ1n) is 7.72. The minimum atomic E-state index is -0.176. The van der Waals surface area contributed by atoms with E-state index in [1.54, 1.807) is 12.1 Å². The van der Waals surface area contributed by atoms with E-state index in [2.05, 4.69) is 14.9 Å². The molecule has 0 aliphatic heterocycles. The van der Waals surface area contributed by atoms with Gasteiger partial charge in [-0.25, -0.2) is 4.98 Å². The summed E-state index contributed by atoms with van der Waals surface area (Å²) >= 11 is 5.87. The van der Waals surface area contributed by atoms with Crippen LogP contribution in [0, 0.1) is 0 Å². The molecule has 1 unspecified atom stereocenters. The van der Waals surface area contributed by atoms with Gasteiger partial charge in [0.15, 0.2) is 0 Å². The lowest BCUT2D eigenvalue weighted by molar-refractivity contribution is -0.110. The van der Waals surface area contributed by atoms with E-state index in [1.807, 2.05) is 43.3 Å². The van der Waals surface area contributed by atoms with Crippen molar-refractivity contribution in [2.75, 3.05) is 6.61 Å². The second-order valence-corrected chi connectivity index (χ2v) is 5.86. The number of imidazole rings is 1. The first-order chi connectivity index (χ1) is 11.7. The predicted molar refractivity (Wildman–Crippen MR) is 94.3 cm³/mol. The van der Waals surface area contributed by atoms with Crippen molar-refractivity contribution in [3.05, 3.63) is 59.4 Å². The Kier molecular flexibility index (Phi) is 5.01. The van der Waals surface area contributed by atoms with Gasteiger partial charge in [0.1, 0.15) is 18.2 Å². The Labute approximate surface area is 145 Å². The third kappa shape index (κ3) is 3.51. The lowest BCUT2D eigenvalue weighted by Gasteiger charge is -2.14. The third-order valence-electron chi connectivity index (χ3n) is 3.79. The van der Waals surface area contributed by atoms with Crippen LogP contribution in [0.3, 0.4) is 0 Å². The first-order valence-corrected chi connectivity index (χ1v) is 8.10. The van der Waals surface area contributed by atoms with E-state index in [4.69, 9.17) is 16.3 Å². The topological polar surface area (TPSA) is 56.2 Å². The Balaban J connectivity index is 1.80. The minimum Gasteiger partial charge on any atom is -0.492 e. The van der Waals surface area contributed by atoms with Crippen LogP contribution >= 0.6 is 11.6 Å². The van der Waals surface area contributed by atoms with Gasteiger partial charge in [-0.1, -0.05) is 23.7 Å². The van der Waals surface area contributed by atoms with Crippen molar-refractivity contribution < 1.29 is 9.53 Å². The van der Waals surface area contributed by atoms with Crippen molar-refractivity contribution in [1.82, 2.24) is 14.9 Å². The number of nitrogens with one attached hydrogen (secondary N) is 1. The summed E-state index contributed by atoms with van der Waals surface area (Å²) in [5, 5.41) is 3.44. The average molecular weight is 344 g/mol. The summed E-state index contributed by atoms with van der Waals surface area (Å²) in [5.41, 5.74) is 1.92. The van der Waals surface area contributed by atoms with Crippen LogP contribution in [-0.2, 0) is 11.3 Å². The average Bonchev–Trinajstić information content (AvgIpc) is 2.96. The Morgan fingerprint density at radius 3 is 2.75 bits per heavy atom. The number of carbonyl (C=O) groups is 1. The van der Waals surface area contributed by atoms with Crippen LogP contribution in [0.1, 0.15) is 18.8 Å². The molecule has 0 saturated carbocycles. The number of hydrogen-bond acceptors (Lipinski definition) is 3. The Hall–Kier alpha value is -2.53. The quantitative estimate of drug-likeness (QED) is 0.667. The van der Waals surface area contributed by atoms with Gasteiger partial charge >= 0.3 is 0 Å². The summed E-state index contributed by atoms with van der Waals surface area (Å²) in [6.45, 7) is 3.03. The molecule has 1 aromatic heterocycles. The van der Waals surface area contributed by atoms with Gasteiger partial charge in [0.25, 0.3) is 0 Å². The van der Waals surface area contributed by atoms with Crippen molar-refractivity contribution in [1.29, 1.82) is 0 Å². The number of amides is 1. The summed E-state index contributed by atoms with van der Waals surface area (Å²) in [4.78, 5) is 15.4. The molecule has 1 amide bonds. The zero-order valence-corrected chi connectivity index (χ0v) is 14.0. The molecule has 5 nitrogen and oxygen atoms in total. The molecular weight excluding hydrogens is 326 g/mol. The van der Waals surface area contributed by atoms with E-state index >= 15 is 0 Å². The summed E-state index contributed by atoms with van der Waals surface area (Å²) in [6, 6.07) is 15.0. The van der Waals surface area contributed by atoms with Crippen molar-refractivity contribution in [3.8, 4) is 5.75 Å². The molecular formula is C18H18ClN3O2. The molecule has 0 fully saturated rings. The Morgan fingerprint density at radius 2 is 2.00 bits per heavy atom. The molecule has 0 aliphatic rings. The van der Waals surface area contributed by atoms with Gasteiger partial charge in [-0.05, 0) is 43.3 Å². The third-order valence-corrected chi connectivity index (χ3v) is 4.04. The van der Waals surface area contributed by atoms with E-state index in [0.717, 1.165) is 22.6 Å². The van der Waals surface area contributed by atoms with Crippen molar-refractivity contribution in [2.45, 2.75) is 19.5 Å². The van der Waals surface area contributed by atoms with E-state index in [9.17, 15) is 4.79 Å². The van der Waals surface area contributed by atoms with Crippen LogP contribution in [0.15, 0.2) is 48.5 Å². The monoisotopic (exact) mass is 343 g/mol. The van der Waals surface area contributed by atoms with Crippen LogP contribution in [0.4, 0.5) is 0 Å². The number of carbonyl (C=O) groups excluding carboxylic acids is 1. The van der Waals surface area contributed by atoms with Crippen LogP contribution < -0.4 is 10.1 Å². The maximum atomic E-state index is 10.8. The van der Waals surface area contributed by atoms with Gasteiger partial charge in [0.2, 0.25) is 6.41 Å². The standard InChI is InChI=1S/C18H18ClN3O2/c1-13(20-12-23)18-21-16-4-2-3-5-17(16)22(18)10-11-24-15-8-6-14(19)7-9-15/h2-9,12-13H,10-11H2,1H3,(H,20,23). The highest BCUT2D eigenvalue weighted by Gasteiger charge is 2.15. The van der Waals surface area contributed by atoms with Crippen LogP contribution in [0.5, 0.6) is 5.75 Å².